The molecule has 1 aromatic heterocycles. The van der Waals surface area contributed by atoms with Crippen LogP contribution in [0.5, 0.6) is 5.75 Å². The molecule has 0 atom stereocenters. The van der Waals surface area contributed by atoms with Crippen molar-refractivity contribution in [1.82, 2.24) is 14.7 Å². The molecule has 0 aliphatic heterocycles. The molecule has 1 aromatic carbocycles. The SMILES string of the molecule is COc1cccc(C2CC(N(C)C(=O)c3c(C(=O)O)cnn3C)C2)c1. The van der Waals surface area contributed by atoms with E-state index in [0.717, 1.165) is 18.6 Å². The highest BCUT2D eigenvalue weighted by atomic mass is 16.5. The van der Waals surface area contributed by atoms with Crippen molar-refractivity contribution in [3.05, 3.63) is 47.3 Å². The molecule has 0 radical (unpaired) electrons. The summed E-state index contributed by atoms with van der Waals surface area (Å²) in [5.41, 5.74) is 1.24. The number of hydrogen-bond acceptors (Lipinski definition) is 4. The smallest absolute Gasteiger partial charge is 0.339 e. The van der Waals surface area contributed by atoms with Gasteiger partial charge in [-0.3, -0.25) is 9.48 Å². The number of aromatic carboxylic acids is 1. The van der Waals surface area contributed by atoms with Crippen molar-refractivity contribution < 1.29 is 19.4 Å². The second-order valence-corrected chi connectivity index (χ2v) is 6.35. The summed E-state index contributed by atoms with van der Waals surface area (Å²) in [5, 5.41) is 13.1. The third kappa shape index (κ3) is 3.09. The highest BCUT2D eigenvalue weighted by Gasteiger charge is 2.37. The van der Waals surface area contributed by atoms with Gasteiger partial charge in [-0.2, -0.15) is 5.10 Å². The average molecular weight is 343 g/mol. The van der Waals surface area contributed by atoms with Gasteiger partial charge in [0.05, 0.1) is 13.3 Å². The zero-order valence-corrected chi connectivity index (χ0v) is 14.5. The number of aryl methyl sites for hydroxylation is 1. The van der Waals surface area contributed by atoms with Crippen molar-refractivity contribution in [2.24, 2.45) is 7.05 Å². The number of ether oxygens (including phenoxy) is 1. The van der Waals surface area contributed by atoms with Crippen LogP contribution in [0.4, 0.5) is 0 Å². The number of methoxy groups -OCH3 is 1. The molecule has 0 saturated heterocycles. The molecule has 0 spiro atoms. The summed E-state index contributed by atoms with van der Waals surface area (Å²) in [7, 11) is 4.93. The van der Waals surface area contributed by atoms with Crippen LogP contribution in [0, 0.1) is 0 Å². The van der Waals surface area contributed by atoms with Gasteiger partial charge in [0.1, 0.15) is 17.0 Å². The van der Waals surface area contributed by atoms with Crippen LogP contribution in [0.2, 0.25) is 0 Å². The fourth-order valence-corrected chi connectivity index (χ4v) is 3.25. The van der Waals surface area contributed by atoms with E-state index in [-0.39, 0.29) is 23.2 Å². The Labute approximate surface area is 145 Å². The van der Waals surface area contributed by atoms with Crippen LogP contribution in [0.25, 0.3) is 0 Å². The number of amides is 1. The number of carboxylic acid groups (broad SMARTS) is 1. The molecule has 1 saturated carbocycles. The number of aromatic nitrogens is 2. The number of benzene rings is 1. The monoisotopic (exact) mass is 343 g/mol. The van der Waals surface area contributed by atoms with Gasteiger partial charge in [0.25, 0.3) is 5.91 Å². The van der Waals surface area contributed by atoms with Gasteiger partial charge in [0.2, 0.25) is 0 Å². The second-order valence-electron chi connectivity index (χ2n) is 6.35. The Balaban J connectivity index is 1.69. The fourth-order valence-electron chi connectivity index (χ4n) is 3.25. The third-order valence-corrected chi connectivity index (χ3v) is 4.92. The Morgan fingerprint density at radius 1 is 1.36 bits per heavy atom. The van der Waals surface area contributed by atoms with E-state index in [1.54, 1.807) is 26.1 Å². The van der Waals surface area contributed by atoms with E-state index in [1.807, 2.05) is 18.2 Å². The molecule has 0 bridgehead atoms. The van der Waals surface area contributed by atoms with Gasteiger partial charge in [-0.05, 0) is 36.5 Å². The number of nitrogens with zero attached hydrogens (tertiary/aromatic N) is 3. The molecule has 1 fully saturated rings. The van der Waals surface area contributed by atoms with Gasteiger partial charge in [-0.25, -0.2) is 4.79 Å². The Kier molecular flexibility index (Phi) is 4.48. The number of carbonyl (C=O) groups excluding carboxylic acids is 1. The van der Waals surface area contributed by atoms with Gasteiger partial charge < -0.3 is 14.7 Å². The van der Waals surface area contributed by atoms with E-state index >= 15 is 0 Å². The van der Waals surface area contributed by atoms with Gasteiger partial charge in [-0.1, -0.05) is 12.1 Å². The molecule has 1 heterocycles. The predicted molar refractivity (Wildman–Crippen MR) is 91.0 cm³/mol. The lowest BCUT2D eigenvalue weighted by atomic mass is 9.75. The molecule has 7 nitrogen and oxygen atoms in total. The van der Waals surface area contributed by atoms with E-state index in [2.05, 4.69) is 11.2 Å². The summed E-state index contributed by atoms with van der Waals surface area (Å²) < 4.78 is 6.57. The summed E-state index contributed by atoms with van der Waals surface area (Å²) in [5.74, 6) is -0.258. The van der Waals surface area contributed by atoms with Crippen molar-refractivity contribution in [3.63, 3.8) is 0 Å². The van der Waals surface area contributed by atoms with Crippen molar-refractivity contribution in [1.29, 1.82) is 0 Å². The van der Waals surface area contributed by atoms with Crippen LogP contribution in [0.1, 0.15) is 45.2 Å². The minimum Gasteiger partial charge on any atom is -0.497 e. The van der Waals surface area contributed by atoms with Crippen molar-refractivity contribution >= 4 is 11.9 Å². The minimum absolute atomic E-state index is 0.0666. The lowest BCUT2D eigenvalue weighted by molar-refractivity contribution is 0.0591. The van der Waals surface area contributed by atoms with E-state index < -0.39 is 5.97 Å². The topological polar surface area (TPSA) is 84.7 Å². The maximum atomic E-state index is 12.7. The normalized spacial score (nSPS) is 19.2. The lowest BCUT2D eigenvalue weighted by Gasteiger charge is -2.41. The van der Waals surface area contributed by atoms with Crippen LogP contribution in [0.15, 0.2) is 30.5 Å². The Morgan fingerprint density at radius 3 is 2.72 bits per heavy atom. The summed E-state index contributed by atoms with van der Waals surface area (Å²) in [6.45, 7) is 0. The standard InChI is InChI=1S/C18H21N3O4/c1-20(17(22)16-15(18(23)24)10-19-21(16)2)13-7-12(8-13)11-5-4-6-14(9-11)25-3/h4-6,9-10,12-13H,7-8H2,1-3H3,(H,23,24). The van der Waals surface area contributed by atoms with Gasteiger partial charge in [0.15, 0.2) is 0 Å². The molecule has 3 rings (SSSR count). The summed E-state index contributed by atoms with van der Waals surface area (Å²) in [6.07, 6.45) is 2.90. The first-order valence-electron chi connectivity index (χ1n) is 8.08. The Morgan fingerprint density at radius 2 is 2.08 bits per heavy atom. The highest BCUT2D eigenvalue weighted by molar-refractivity contribution is 6.03. The second kappa shape index (κ2) is 6.58. The molecule has 1 aliphatic rings. The first-order valence-corrected chi connectivity index (χ1v) is 8.08. The van der Waals surface area contributed by atoms with Crippen LogP contribution in [-0.4, -0.2) is 51.9 Å². The molecule has 7 heteroatoms. The summed E-state index contributed by atoms with van der Waals surface area (Å²) in [4.78, 5) is 25.6. The van der Waals surface area contributed by atoms with Crippen LogP contribution < -0.4 is 4.74 Å². The molecule has 25 heavy (non-hydrogen) atoms. The first-order chi connectivity index (χ1) is 11.9. The average Bonchev–Trinajstić information content (AvgIpc) is 2.94. The number of carbonyl (C=O) groups is 2. The van der Waals surface area contributed by atoms with Crippen molar-refractivity contribution in [2.75, 3.05) is 14.2 Å². The molecular weight excluding hydrogens is 322 g/mol. The van der Waals surface area contributed by atoms with Gasteiger partial charge in [0, 0.05) is 20.1 Å². The van der Waals surface area contributed by atoms with E-state index in [0.29, 0.717) is 5.92 Å². The number of rotatable bonds is 5. The molecule has 1 aliphatic carbocycles. The molecule has 0 unspecified atom stereocenters. The van der Waals surface area contributed by atoms with Crippen LogP contribution >= 0.6 is 0 Å². The van der Waals surface area contributed by atoms with E-state index in [4.69, 9.17) is 4.74 Å². The number of hydrogen-bond donors (Lipinski definition) is 1. The fraction of sp³-hybridized carbons (Fsp3) is 0.389. The zero-order valence-electron chi connectivity index (χ0n) is 14.5. The molecule has 2 aromatic rings. The lowest BCUT2D eigenvalue weighted by Crippen LogP contribution is -2.45. The number of carboxylic acids is 1. The molecule has 132 valence electrons. The quantitative estimate of drug-likeness (QED) is 0.899. The highest BCUT2D eigenvalue weighted by Crippen LogP contribution is 2.40. The molecular formula is C18H21N3O4. The van der Waals surface area contributed by atoms with Crippen LogP contribution in [0.3, 0.4) is 0 Å². The maximum absolute atomic E-state index is 12.7. The summed E-state index contributed by atoms with van der Waals surface area (Å²) in [6, 6.07) is 8.04. The van der Waals surface area contributed by atoms with Crippen LogP contribution in [-0.2, 0) is 7.05 Å². The maximum Gasteiger partial charge on any atom is 0.339 e. The van der Waals surface area contributed by atoms with Crippen molar-refractivity contribution in [2.45, 2.75) is 24.8 Å². The van der Waals surface area contributed by atoms with Gasteiger partial charge >= 0.3 is 5.97 Å². The molecule has 1 N–H and O–H groups in total. The summed E-state index contributed by atoms with van der Waals surface area (Å²) >= 11 is 0. The first kappa shape index (κ1) is 17.0. The Hall–Kier alpha value is -2.83. The third-order valence-electron chi connectivity index (χ3n) is 4.92. The van der Waals surface area contributed by atoms with E-state index in [1.165, 1.54) is 16.4 Å². The van der Waals surface area contributed by atoms with E-state index in [9.17, 15) is 14.7 Å². The predicted octanol–water partition coefficient (Wildman–Crippen LogP) is 2.15. The Bertz CT molecular complexity index is 808. The zero-order chi connectivity index (χ0) is 18.1. The van der Waals surface area contributed by atoms with Gasteiger partial charge in [-0.15, -0.1) is 0 Å². The largest absolute Gasteiger partial charge is 0.497 e. The minimum atomic E-state index is -1.15. The molecule has 1 amide bonds. The van der Waals surface area contributed by atoms with Crippen molar-refractivity contribution in [3.8, 4) is 5.75 Å².